The Balaban J connectivity index is 1.54. The summed E-state index contributed by atoms with van der Waals surface area (Å²) >= 11 is 1.77. The van der Waals surface area contributed by atoms with Crippen LogP contribution in [0, 0.1) is 6.92 Å². The van der Waals surface area contributed by atoms with Gasteiger partial charge in [-0.05, 0) is 60.2 Å². The number of hydrogen-bond acceptors (Lipinski definition) is 5. The number of ether oxygens (including phenoxy) is 1. The van der Waals surface area contributed by atoms with Gasteiger partial charge in [-0.1, -0.05) is 12.1 Å². The average molecular weight is 397 g/mol. The minimum Gasteiger partial charge on any atom is -0.465 e. The summed E-state index contributed by atoms with van der Waals surface area (Å²) in [5, 5.41) is 5.49. The number of carbonyl (C=O) groups is 1. The molecule has 28 heavy (non-hydrogen) atoms. The number of amides is 1. The smallest absolute Gasteiger partial charge is 0.249 e. The molecule has 4 rings (SSSR count). The average Bonchev–Trinajstić information content (AvgIpc) is 3.35. The Morgan fingerprint density at radius 3 is 2.79 bits per heavy atom. The fourth-order valence-corrected chi connectivity index (χ4v) is 4.61. The van der Waals surface area contributed by atoms with Gasteiger partial charge in [-0.25, -0.2) is 0 Å². The Kier molecular flexibility index (Phi) is 5.50. The van der Waals surface area contributed by atoms with Crippen LogP contribution in [0.1, 0.15) is 33.6 Å². The number of carbonyl (C=O) groups excluding carboxylic acids is 1. The lowest BCUT2D eigenvalue weighted by Crippen LogP contribution is -2.41. The van der Waals surface area contributed by atoms with Crippen molar-refractivity contribution in [3.8, 4) is 0 Å². The van der Waals surface area contributed by atoms with Crippen LogP contribution in [0.3, 0.4) is 0 Å². The molecule has 0 saturated carbocycles. The van der Waals surface area contributed by atoms with Gasteiger partial charge in [-0.2, -0.15) is 0 Å². The Morgan fingerprint density at radius 1 is 1.25 bits per heavy atom. The Labute approximate surface area is 168 Å². The van der Waals surface area contributed by atoms with Crippen LogP contribution in [0.25, 0.3) is 0 Å². The minimum absolute atomic E-state index is 0.0275. The van der Waals surface area contributed by atoms with E-state index in [-0.39, 0.29) is 18.6 Å². The molecule has 2 aromatic heterocycles. The third-order valence-electron chi connectivity index (χ3n) is 5.04. The zero-order valence-corrected chi connectivity index (χ0v) is 16.9. The van der Waals surface area contributed by atoms with E-state index in [0.29, 0.717) is 6.54 Å². The Hall–Kier alpha value is -2.57. The zero-order chi connectivity index (χ0) is 19.5. The first kappa shape index (κ1) is 18.8. The number of fused-ring (bicyclic) bond motifs is 1. The van der Waals surface area contributed by atoms with Crippen molar-refractivity contribution in [2.45, 2.75) is 25.9 Å². The van der Waals surface area contributed by atoms with Crippen molar-refractivity contribution in [2.24, 2.45) is 0 Å². The maximum Gasteiger partial charge on any atom is 0.249 e. The fraction of sp³-hybridized carbons (Fsp3) is 0.318. The predicted molar refractivity (Wildman–Crippen MR) is 111 cm³/mol. The van der Waals surface area contributed by atoms with Crippen LogP contribution >= 0.6 is 11.3 Å². The zero-order valence-electron chi connectivity index (χ0n) is 16.1. The van der Waals surface area contributed by atoms with E-state index in [2.05, 4.69) is 41.0 Å². The number of furan rings is 1. The van der Waals surface area contributed by atoms with Gasteiger partial charge >= 0.3 is 0 Å². The summed E-state index contributed by atoms with van der Waals surface area (Å²) in [6.45, 7) is 3.41. The highest BCUT2D eigenvalue weighted by atomic mass is 32.1. The molecule has 6 heteroatoms. The van der Waals surface area contributed by atoms with Crippen molar-refractivity contribution >= 4 is 22.9 Å². The number of thiophene rings is 1. The molecule has 1 aliphatic rings. The highest BCUT2D eigenvalue weighted by molar-refractivity contribution is 7.10. The lowest BCUT2D eigenvalue weighted by atomic mass is 9.93. The van der Waals surface area contributed by atoms with Gasteiger partial charge in [0.25, 0.3) is 0 Å². The summed E-state index contributed by atoms with van der Waals surface area (Å²) in [7, 11) is 1.56. The van der Waals surface area contributed by atoms with E-state index in [0.717, 1.165) is 35.7 Å². The molecule has 0 aliphatic carbocycles. The third-order valence-corrected chi connectivity index (χ3v) is 6.04. The van der Waals surface area contributed by atoms with Crippen LogP contribution in [-0.2, 0) is 22.5 Å². The van der Waals surface area contributed by atoms with E-state index in [9.17, 15) is 4.79 Å². The Bertz CT molecular complexity index is 945. The SMILES string of the molecule is COCC(=O)N1CCc2sccc2[C@H]1c1ccc(NCc2ccc(C)o2)cc1. The van der Waals surface area contributed by atoms with Gasteiger partial charge in [0.1, 0.15) is 18.1 Å². The molecule has 0 saturated heterocycles. The van der Waals surface area contributed by atoms with E-state index in [1.807, 2.05) is 24.0 Å². The van der Waals surface area contributed by atoms with Crippen molar-refractivity contribution in [2.75, 3.05) is 25.6 Å². The molecule has 0 unspecified atom stereocenters. The molecule has 0 radical (unpaired) electrons. The van der Waals surface area contributed by atoms with Gasteiger partial charge in [-0.3, -0.25) is 4.79 Å². The second-order valence-electron chi connectivity index (χ2n) is 6.96. The molecule has 1 aromatic carbocycles. The van der Waals surface area contributed by atoms with Crippen molar-refractivity contribution in [1.82, 2.24) is 4.90 Å². The van der Waals surface area contributed by atoms with Gasteiger partial charge in [0.15, 0.2) is 0 Å². The Morgan fingerprint density at radius 2 is 2.07 bits per heavy atom. The molecular weight excluding hydrogens is 372 g/mol. The van der Waals surface area contributed by atoms with Crippen LogP contribution in [0.5, 0.6) is 0 Å². The summed E-state index contributed by atoms with van der Waals surface area (Å²) in [5.74, 6) is 1.85. The lowest BCUT2D eigenvalue weighted by Gasteiger charge is -2.36. The van der Waals surface area contributed by atoms with E-state index in [1.165, 1.54) is 10.4 Å². The molecule has 0 fully saturated rings. The summed E-state index contributed by atoms with van der Waals surface area (Å²) in [4.78, 5) is 15.9. The molecule has 0 spiro atoms. The van der Waals surface area contributed by atoms with Crippen molar-refractivity contribution in [3.05, 3.63) is 75.4 Å². The topological polar surface area (TPSA) is 54.7 Å². The molecule has 0 bridgehead atoms. The number of methoxy groups -OCH3 is 1. The number of rotatable bonds is 6. The molecule has 146 valence electrons. The van der Waals surface area contributed by atoms with E-state index in [1.54, 1.807) is 18.4 Å². The van der Waals surface area contributed by atoms with Crippen molar-refractivity contribution in [1.29, 1.82) is 0 Å². The number of nitrogens with zero attached hydrogens (tertiary/aromatic N) is 1. The first-order valence-electron chi connectivity index (χ1n) is 9.39. The lowest BCUT2D eigenvalue weighted by molar-refractivity contribution is -0.137. The van der Waals surface area contributed by atoms with E-state index >= 15 is 0 Å². The molecule has 3 heterocycles. The fourth-order valence-electron chi connectivity index (χ4n) is 3.70. The maximum absolute atomic E-state index is 12.6. The summed E-state index contributed by atoms with van der Waals surface area (Å²) in [6, 6.07) is 14.3. The quantitative estimate of drug-likeness (QED) is 0.672. The third kappa shape index (κ3) is 3.84. The number of anilines is 1. The second-order valence-corrected chi connectivity index (χ2v) is 7.96. The van der Waals surface area contributed by atoms with Crippen LogP contribution in [-0.4, -0.2) is 31.1 Å². The summed E-state index contributed by atoms with van der Waals surface area (Å²) in [6.07, 6.45) is 0.904. The normalized spacial score (nSPS) is 16.1. The highest BCUT2D eigenvalue weighted by Gasteiger charge is 2.32. The van der Waals surface area contributed by atoms with Gasteiger partial charge in [0.2, 0.25) is 5.91 Å². The summed E-state index contributed by atoms with van der Waals surface area (Å²) < 4.78 is 10.7. The first-order chi connectivity index (χ1) is 13.7. The number of benzene rings is 1. The monoisotopic (exact) mass is 396 g/mol. The van der Waals surface area contributed by atoms with Crippen molar-refractivity contribution < 1.29 is 13.9 Å². The van der Waals surface area contributed by atoms with Crippen LogP contribution in [0.15, 0.2) is 52.3 Å². The maximum atomic E-state index is 12.6. The van der Waals surface area contributed by atoms with Gasteiger partial charge in [0.05, 0.1) is 12.6 Å². The summed E-state index contributed by atoms with van der Waals surface area (Å²) in [5.41, 5.74) is 3.37. The molecule has 1 amide bonds. The van der Waals surface area contributed by atoms with Crippen LogP contribution < -0.4 is 5.32 Å². The second kappa shape index (κ2) is 8.20. The van der Waals surface area contributed by atoms with Crippen LogP contribution in [0.2, 0.25) is 0 Å². The van der Waals surface area contributed by atoms with Crippen LogP contribution in [0.4, 0.5) is 5.69 Å². The number of hydrogen-bond donors (Lipinski definition) is 1. The molecule has 1 aliphatic heterocycles. The molecule has 3 aromatic rings. The molecule has 5 nitrogen and oxygen atoms in total. The van der Waals surface area contributed by atoms with E-state index < -0.39 is 0 Å². The first-order valence-corrected chi connectivity index (χ1v) is 10.3. The largest absolute Gasteiger partial charge is 0.465 e. The van der Waals surface area contributed by atoms with Gasteiger partial charge < -0.3 is 19.4 Å². The molecule has 1 atom stereocenters. The van der Waals surface area contributed by atoms with E-state index in [4.69, 9.17) is 9.15 Å². The number of nitrogens with one attached hydrogen (secondary N) is 1. The van der Waals surface area contributed by atoms with Gasteiger partial charge in [-0.15, -0.1) is 11.3 Å². The molecular formula is C22H24N2O3S. The highest BCUT2D eigenvalue weighted by Crippen LogP contribution is 2.38. The van der Waals surface area contributed by atoms with Crippen molar-refractivity contribution in [3.63, 3.8) is 0 Å². The number of aryl methyl sites for hydroxylation is 1. The minimum atomic E-state index is -0.0561. The predicted octanol–water partition coefficient (Wildman–Crippen LogP) is 4.38. The molecule has 1 N–H and O–H groups in total. The van der Waals surface area contributed by atoms with Gasteiger partial charge in [0, 0.05) is 24.2 Å². The standard InChI is InChI=1S/C22H24N2O3S/c1-15-3-8-18(27-15)13-23-17-6-4-16(5-7-17)22-19-10-12-28-20(19)9-11-24(22)21(25)14-26-2/h3-8,10,12,22-23H,9,11,13-14H2,1-2H3/t22-/m1/s1.